The fourth-order valence-electron chi connectivity index (χ4n) is 2.34. The van der Waals surface area contributed by atoms with Crippen LogP contribution >= 0.6 is 35.7 Å². The first-order chi connectivity index (χ1) is 11.2. The fourth-order valence-corrected chi connectivity index (χ4v) is 3.54. The number of guanidine groups is 1. The van der Waals surface area contributed by atoms with E-state index in [4.69, 9.17) is 4.74 Å². The lowest BCUT2D eigenvalue weighted by Crippen LogP contribution is -2.40. The van der Waals surface area contributed by atoms with Crippen molar-refractivity contribution < 1.29 is 4.74 Å². The number of nitrogens with one attached hydrogen (secondary N) is 2. The maximum atomic E-state index is 5.55. The van der Waals surface area contributed by atoms with Gasteiger partial charge in [0.2, 0.25) is 5.88 Å². The average Bonchev–Trinajstić information content (AvgIpc) is 3.04. The van der Waals surface area contributed by atoms with Crippen LogP contribution in [0.15, 0.2) is 23.3 Å². The van der Waals surface area contributed by atoms with Crippen LogP contribution in [0.5, 0.6) is 5.88 Å². The van der Waals surface area contributed by atoms with E-state index in [-0.39, 0.29) is 30.1 Å². The normalized spacial score (nSPS) is 17.5. The minimum atomic E-state index is 0. The molecular weight excluding hydrogens is 435 g/mol. The number of rotatable bonds is 7. The molecule has 24 heavy (non-hydrogen) atoms. The van der Waals surface area contributed by atoms with Gasteiger partial charge in [-0.3, -0.25) is 0 Å². The maximum absolute atomic E-state index is 5.55. The summed E-state index contributed by atoms with van der Waals surface area (Å²) in [5.41, 5.74) is 1.08. The van der Waals surface area contributed by atoms with E-state index in [0.29, 0.717) is 17.7 Å². The first-order valence-corrected chi connectivity index (χ1v) is 9.47. The van der Waals surface area contributed by atoms with E-state index < -0.39 is 0 Å². The summed E-state index contributed by atoms with van der Waals surface area (Å²) in [6.45, 7) is 8.54. The van der Waals surface area contributed by atoms with Crippen LogP contribution in [0, 0.1) is 0 Å². The number of pyridine rings is 1. The molecule has 0 bridgehead atoms. The molecule has 0 spiro atoms. The van der Waals surface area contributed by atoms with Crippen LogP contribution < -0.4 is 15.4 Å². The predicted molar refractivity (Wildman–Crippen MR) is 114 cm³/mol. The lowest BCUT2D eigenvalue weighted by atomic mass is 10.2. The second-order valence-electron chi connectivity index (χ2n) is 5.88. The number of ether oxygens (including phenoxy) is 1. The molecule has 1 fully saturated rings. The fraction of sp³-hybridized carbons (Fsp3) is 0.647. The number of halogens is 1. The highest BCUT2D eigenvalue weighted by Gasteiger charge is 2.15. The number of aromatic nitrogens is 1. The Bertz CT molecular complexity index is 490. The van der Waals surface area contributed by atoms with Crippen LogP contribution in [0.25, 0.3) is 0 Å². The van der Waals surface area contributed by atoms with Crippen molar-refractivity contribution in [3.8, 4) is 5.88 Å². The van der Waals surface area contributed by atoms with Crippen LogP contribution in [-0.4, -0.2) is 41.1 Å². The molecule has 7 heteroatoms. The zero-order chi connectivity index (χ0) is 16.5. The predicted octanol–water partition coefficient (Wildman–Crippen LogP) is 3.44. The summed E-state index contributed by atoms with van der Waals surface area (Å²) in [7, 11) is 0. The summed E-state index contributed by atoms with van der Waals surface area (Å²) in [5.74, 6) is 2.83. The molecule has 5 nitrogen and oxygen atoms in total. The second-order valence-corrected chi connectivity index (χ2v) is 7.29. The van der Waals surface area contributed by atoms with Gasteiger partial charge in [-0.2, -0.15) is 11.8 Å². The Kier molecular flexibility index (Phi) is 10.5. The van der Waals surface area contributed by atoms with E-state index in [2.05, 4.69) is 39.3 Å². The molecule has 0 aliphatic carbocycles. The summed E-state index contributed by atoms with van der Waals surface area (Å²) >= 11 is 2.05. The topological polar surface area (TPSA) is 58.5 Å². The molecule has 2 rings (SSSR count). The molecule has 0 amide bonds. The zero-order valence-corrected chi connectivity index (χ0v) is 17.9. The molecule has 1 atom stereocenters. The zero-order valence-electron chi connectivity index (χ0n) is 14.7. The summed E-state index contributed by atoms with van der Waals surface area (Å²) in [4.78, 5) is 8.96. The summed E-state index contributed by atoms with van der Waals surface area (Å²) < 4.78 is 5.55. The smallest absolute Gasteiger partial charge is 0.213 e. The van der Waals surface area contributed by atoms with E-state index in [0.717, 1.165) is 24.6 Å². The van der Waals surface area contributed by atoms with E-state index in [1.165, 1.54) is 18.6 Å². The van der Waals surface area contributed by atoms with Gasteiger partial charge in [0.1, 0.15) is 0 Å². The Morgan fingerprint density at radius 3 is 2.83 bits per heavy atom. The van der Waals surface area contributed by atoms with Crippen LogP contribution in [0.3, 0.4) is 0 Å². The molecule has 1 aliphatic heterocycles. The molecule has 1 aliphatic rings. The van der Waals surface area contributed by atoms with Crippen molar-refractivity contribution in [3.05, 3.63) is 23.9 Å². The highest BCUT2D eigenvalue weighted by atomic mass is 127. The van der Waals surface area contributed by atoms with E-state index >= 15 is 0 Å². The van der Waals surface area contributed by atoms with E-state index in [1.807, 2.05) is 32.2 Å². The monoisotopic (exact) mass is 464 g/mol. The largest absolute Gasteiger partial charge is 0.475 e. The first-order valence-electron chi connectivity index (χ1n) is 8.42. The van der Waals surface area contributed by atoms with Gasteiger partial charge in [0, 0.05) is 30.6 Å². The summed E-state index contributed by atoms with van der Waals surface area (Å²) in [6, 6.07) is 3.92. The molecule has 2 N–H and O–H groups in total. The minimum Gasteiger partial charge on any atom is -0.475 e. The van der Waals surface area contributed by atoms with Crippen LogP contribution in [0.4, 0.5) is 0 Å². The molecule has 2 heterocycles. The number of thioether (sulfide) groups is 1. The second kappa shape index (κ2) is 11.8. The van der Waals surface area contributed by atoms with Gasteiger partial charge in [-0.25, -0.2) is 9.98 Å². The lowest BCUT2D eigenvalue weighted by molar-refractivity contribution is 0.232. The average molecular weight is 464 g/mol. The molecule has 0 saturated carbocycles. The van der Waals surface area contributed by atoms with Crippen molar-refractivity contribution in [2.45, 2.75) is 51.5 Å². The molecular formula is C17H29IN4OS. The van der Waals surface area contributed by atoms with Crippen LogP contribution in [0.1, 0.15) is 39.2 Å². The molecule has 1 saturated heterocycles. The molecule has 0 aromatic carbocycles. The van der Waals surface area contributed by atoms with Crippen molar-refractivity contribution in [1.82, 2.24) is 15.6 Å². The van der Waals surface area contributed by atoms with Crippen LogP contribution in [-0.2, 0) is 6.54 Å². The van der Waals surface area contributed by atoms with Crippen molar-refractivity contribution >= 4 is 41.7 Å². The van der Waals surface area contributed by atoms with Crippen molar-refractivity contribution in [2.24, 2.45) is 4.99 Å². The third-order valence-electron chi connectivity index (χ3n) is 3.44. The molecule has 1 unspecified atom stereocenters. The van der Waals surface area contributed by atoms with Gasteiger partial charge in [-0.05, 0) is 44.9 Å². The highest BCUT2D eigenvalue weighted by molar-refractivity contribution is 14.0. The Morgan fingerprint density at radius 2 is 2.25 bits per heavy atom. The van der Waals surface area contributed by atoms with Crippen molar-refractivity contribution in [3.63, 3.8) is 0 Å². The number of hydrogen-bond acceptors (Lipinski definition) is 4. The van der Waals surface area contributed by atoms with Gasteiger partial charge in [0.05, 0.1) is 12.6 Å². The van der Waals surface area contributed by atoms with Gasteiger partial charge < -0.3 is 15.4 Å². The van der Waals surface area contributed by atoms with Gasteiger partial charge in [-0.15, -0.1) is 24.0 Å². The Labute approximate surface area is 166 Å². The quantitative estimate of drug-likeness (QED) is 0.368. The molecule has 136 valence electrons. The SMILES string of the molecule is CCNC(=NCc1ccc(OC(C)C)nc1)NCC1CCCS1.I. The number of hydrogen-bond donors (Lipinski definition) is 2. The number of aliphatic imine (C=N–C) groups is 1. The van der Waals surface area contributed by atoms with Gasteiger partial charge in [-0.1, -0.05) is 6.07 Å². The lowest BCUT2D eigenvalue weighted by Gasteiger charge is -2.14. The molecule has 1 aromatic rings. The summed E-state index contributed by atoms with van der Waals surface area (Å²) in [6.07, 6.45) is 4.61. The minimum absolute atomic E-state index is 0. The van der Waals surface area contributed by atoms with E-state index in [9.17, 15) is 0 Å². The van der Waals surface area contributed by atoms with E-state index in [1.54, 1.807) is 0 Å². The van der Waals surface area contributed by atoms with Gasteiger partial charge in [0.15, 0.2) is 5.96 Å². The summed E-state index contributed by atoms with van der Waals surface area (Å²) in [5, 5.41) is 7.46. The van der Waals surface area contributed by atoms with Gasteiger partial charge >= 0.3 is 0 Å². The maximum Gasteiger partial charge on any atom is 0.213 e. The first kappa shape index (κ1) is 21.3. The van der Waals surface area contributed by atoms with Crippen molar-refractivity contribution in [1.29, 1.82) is 0 Å². The van der Waals surface area contributed by atoms with Crippen molar-refractivity contribution in [2.75, 3.05) is 18.8 Å². The third-order valence-corrected chi connectivity index (χ3v) is 4.84. The van der Waals surface area contributed by atoms with Crippen LogP contribution in [0.2, 0.25) is 0 Å². The Morgan fingerprint density at radius 1 is 1.42 bits per heavy atom. The molecule has 0 radical (unpaired) electrons. The standard InChI is InChI=1S/C17H28N4OS.HI/c1-4-18-17(21-12-15-6-5-9-23-15)20-11-14-7-8-16(19-10-14)22-13(2)3;/h7-8,10,13,15H,4-6,9,11-12H2,1-3H3,(H2,18,20,21);1H. The highest BCUT2D eigenvalue weighted by Crippen LogP contribution is 2.25. The number of nitrogens with zero attached hydrogens (tertiary/aromatic N) is 2. The Balaban J connectivity index is 0.00000288. The third kappa shape index (κ3) is 7.92. The Hall–Kier alpha value is -0.700. The van der Waals surface area contributed by atoms with Gasteiger partial charge in [0.25, 0.3) is 0 Å². The molecule has 1 aromatic heterocycles.